The Kier molecular flexibility index (Phi) is 3.40. The average Bonchev–Trinajstić information content (AvgIpc) is 3.21. The Balaban J connectivity index is 1.44. The van der Waals surface area contributed by atoms with E-state index in [9.17, 15) is 9.59 Å². The number of piperidine rings is 1. The SMILES string of the molecule is O=C(O)N1CCC2(CCN(C(=O)c3ccc4[nH]nnc4c3)CC2)C1. The van der Waals surface area contributed by atoms with E-state index in [1.165, 1.54) is 4.90 Å². The molecule has 2 N–H and O–H groups in total. The van der Waals surface area contributed by atoms with Gasteiger partial charge in [-0.2, -0.15) is 0 Å². The highest BCUT2D eigenvalue weighted by Gasteiger charge is 2.42. The van der Waals surface area contributed by atoms with Crippen molar-refractivity contribution in [2.45, 2.75) is 19.3 Å². The lowest BCUT2D eigenvalue weighted by Gasteiger charge is -2.39. The van der Waals surface area contributed by atoms with E-state index in [-0.39, 0.29) is 11.3 Å². The van der Waals surface area contributed by atoms with Crippen molar-refractivity contribution in [1.29, 1.82) is 0 Å². The summed E-state index contributed by atoms with van der Waals surface area (Å²) in [5.41, 5.74) is 2.16. The lowest BCUT2D eigenvalue weighted by atomic mass is 9.77. The summed E-state index contributed by atoms with van der Waals surface area (Å²) in [6.45, 7) is 2.54. The van der Waals surface area contributed by atoms with Crippen molar-refractivity contribution < 1.29 is 14.7 Å². The van der Waals surface area contributed by atoms with Gasteiger partial charge in [-0.25, -0.2) is 4.79 Å². The standard InChI is InChI=1S/C16H19N5O3/c22-14(11-1-2-12-13(9-11)18-19-17-12)20-6-3-16(4-7-20)5-8-21(10-16)15(23)24/h1-2,9H,3-8,10H2,(H,23,24)(H,17,18,19). The number of H-pyrrole nitrogens is 1. The smallest absolute Gasteiger partial charge is 0.407 e. The van der Waals surface area contributed by atoms with Crippen LogP contribution in [0.15, 0.2) is 18.2 Å². The fraction of sp³-hybridized carbons (Fsp3) is 0.500. The predicted octanol–water partition coefficient (Wildman–Crippen LogP) is 1.56. The van der Waals surface area contributed by atoms with Crippen molar-refractivity contribution in [1.82, 2.24) is 25.2 Å². The number of likely N-dealkylation sites (tertiary alicyclic amines) is 2. The zero-order valence-corrected chi connectivity index (χ0v) is 13.2. The molecule has 2 amide bonds. The third kappa shape index (κ3) is 2.47. The number of fused-ring (bicyclic) bond motifs is 1. The van der Waals surface area contributed by atoms with E-state index in [0.29, 0.717) is 37.3 Å². The maximum Gasteiger partial charge on any atom is 0.407 e. The van der Waals surface area contributed by atoms with Crippen molar-refractivity contribution in [2.75, 3.05) is 26.2 Å². The third-order valence-corrected chi connectivity index (χ3v) is 5.39. The highest BCUT2D eigenvalue weighted by atomic mass is 16.4. The normalized spacial score (nSPS) is 20.0. The lowest BCUT2D eigenvalue weighted by molar-refractivity contribution is 0.0586. The topological polar surface area (TPSA) is 102 Å². The molecule has 2 saturated heterocycles. The van der Waals surface area contributed by atoms with Crippen LogP contribution in [0.4, 0.5) is 4.79 Å². The number of aromatic amines is 1. The summed E-state index contributed by atoms with van der Waals surface area (Å²) in [7, 11) is 0. The minimum absolute atomic E-state index is 0.00263. The van der Waals surface area contributed by atoms with Gasteiger partial charge in [0.05, 0.1) is 5.52 Å². The minimum Gasteiger partial charge on any atom is -0.465 e. The first-order valence-electron chi connectivity index (χ1n) is 8.14. The molecule has 2 fully saturated rings. The molecule has 0 radical (unpaired) electrons. The van der Waals surface area contributed by atoms with E-state index in [0.717, 1.165) is 24.8 Å². The van der Waals surface area contributed by atoms with Crippen LogP contribution < -0.4 is 0 Å². The van der Waals surface area contributed by atoms with Crippen molar-refractivity contribution in [3.05, 3.63) is 23.8 Å². The van der Waals surface area contributed by atoms with Crippen LogP contribution in [0.5, 0.6) is 0 Å². The van der Waals surface area contributed by atoms with Crippen molar-refractivity contribution in [3.8, 4) is 0 Å². The predicted molar refractivity (Wildman–Crippen MR) is 85.7 cm³/mol. The fourth-order valence-electron chi connectivity index (χ4n) is 3.85. The number of carbonyl (C=O) groups excluding carboxylic acids is 1. The van der Waals surface area contributed by atoms with Gasteiger partial charge in [-0.05, 0) is 42.9 Å². The van der Waals surface area contributed by atoms with Crippen molar-refractivity contribution in [3.63, 3.8) is 0 Å². The van der Waals surface area contributed by atoms with E-state index in [1.54, 1.807) is 12.1 Å². The molecule has 8 heteroatoms. The minimum atomic E-state index is -0.841. The summed E-state index contributed by atoms with van der Waals surface area (Å²) in [4.78, 5) is 27.2. The zero-order chi connectivity index (χ0) is 16.7. The van der Waals surface area contributed by atoms with Gasteiger partial charge in [0.25, 0.3) is 5.91 Å². The van der Waals surface area contributed by atoms with Crippen LogP contribution in [0.2, 0.25) is 0 Å². The van der Waals surface area contributed by atoms with Gasteiger partial charge in [0, 0.05) is 31.7 Å². The van der Waals surface area contributed by atoms with E-state index >= 15 is 0 Å². The molecule has 0 unspecified atom stereocenters. The molecule has 8 nitrogen and oxygen atoms in total. The van der Waals surface area contributed by atoms with Gasteiger partial charge in [0.1, 0.15) is 5.52 Å². The summed E-state index contributed by atoms with van der Waals surface area (Å²) in [5.74, 6) is 0.00263. The van der Waals surface area contributed by atoms with Crippen LogP contribution in [0.25, 0.3) is 11.0 Å². The van der Waals surface area contributed by atoms with Crippen LogP contribution >= 0.6 is 0 Å². The van der Waals surface area contributed by atoms with E-state index in [1.807, 2.05) is 11.0 Å². The van der Waals surface area contributed by atoms with Gasteiger partial charge in [-0.15, -0.1) is 5.10 Å². The van der Waals surface area contributed by atoms with Gasteiger partial charge in [-0.1, -0.05) is 5.21 Å². The number of nitrogens with one attached hydrogen (secondary N) is 1. The van der Waals surface area contributed by atoms with Crippen LogP contribution in [0, 0.1) is 5.41 Å². The molecule has 0 bridgehead atoms. The number of aromatic nitrogens is 3. The number of amides is 2. The second-order valence-electron chi connectivity index (χ2n) is 6.79. The molecule has 24 heavy (non-hydrogen) atoms. The molecule has 1 aromatic heterocycles. The van der Waals surface area contributed by atoms with Gasteiger partial charge < -0.3 is 14.9 Å². The molecule has 0 saturated carbocycles. The summed E-state index contributed by atoms with van der Waals surface area (Å²) in [6, 6.07) is 5.36. The highest BCUT2D eigenvalue weighted by Crippen LogP contribution is 2.40. The number of hydrogen-bond acceptors (Lipinski definition) is 4. The maximum absolute atomic E-state index is 12.7. The highest BCUT2D eigenvalue weighted by molar-refractivity contribution is 5.97. The summed E-state index contributed by atoms with van der Waals surface area (Å²) in [6.07, 6.45) is 1.77. The van der Waals surface area contributed by atoms with E-state index < -0.39 is 6.09 Å². The number of nitrogens with zero attached hydrogens (tertiary/aromatic N) is 4. The Morgan fingerprint density at radius 3 is 2.50 bits per heavy atom. The summed E-state index contributed by atoms with van der Waals surface area (Å²) >= 11 is 0. The maximum atomic E-state index is 12.7. The number of benzene rings is 1. The first-order valence-corrected chi connectivity index (χ1v) is 8.14. The van der Waals surface area contributed by atoms with Crippen molar-refractivity contribution >= 4 is 23.0 Å². The van der Waals surface area contributed by atoms with Crippen LogP contribution in [0.1, 0.15) is 29.6 Å². The Labute approximate surface area is 138 Å². The summed E-state index contributed by atoms with van der Waals surface area (Å²) in [5, 5.41) is 19.6. The Morgan fingerprint density at radius 1 is 1.12 bits per heavy atom. The van der Waals surface area contributed by atoms with E-state index in [2.05, 4.69) is 15.4 Å². The van der Waals surface area contributed by atoms with E-state index in [4.69, 9.17) is 5.11 Å². The number of hydrogen-bond donors (Lipinski definition) is 2. The van der Waals surface area contributed by atoms with Crippen LogP contribution in [-0.2, 0) is 0 Å². The molecule has 0 atom stereocenters. The number of carboxylic acid groups (broad SMARTS) is 1. The molecule has 1 aromatic carbocycles. The molecule has 2 aromatic rings. The Bertz CT molecular complexity index is 794. The molecular formula is C16H19N5O3. The van der Waals surface area contributed by atoms with Gasteiger partial charge in [0.15, 0.2) is 0 Å². The van der Waals surface area contributed by atoms with Gasteiger partial charge >= 0.3 is 6.09 Å². The first-order chi connectivity index (χ1) is 11.6. The molecule has 3 heterocycles. The quantitative estimate of drug-likeness (QED) is 0.826. The fourth-order valence-corrected chi connectivity index (χ4v) is 3.85. The number of carbonyl (C=O) groups is 2. The molecule has 2 aliphatic rings. The molecule has 0 aliphatic carbocycles. The monoisotopic (exact) mass is 329 g/mol. The zero-order valence-electron chi connectivity index (χ0n) is 13.2. The van der Waals surface area contributed by atoms with Gasteiger partial charge in [-0.3, -0.25) is 9.89 Å². The Hall–Kier alpha value is -2.64. The molecule has 126 valence electrons. The lowest BCUT2D eigenvalue weighted by Crippen LogP contribution is -2.44. The average molecular weight is 329 g/mol. The third-order valence-electron chi connectivity index (χ3n) is 5.39. The van der Waals surface area contributed by atoms with Gasteiger partial charge in [0.2, 0.25) is 0 Å². The Morgan fingerprint density at radius 2 is 1.83 bits per heavy atom. The second-order valence-corrected chi connectivity index (χ2v) is 6.79. The second kappa shape index (κ2) is 5.47. The summed E-state index contributed by atoms with van der Waals surface area (Å²) < 4.78 is 0. The molecule has 4 rings (SSSR count). The van der Waals surface area contributed by atoms with Crippen LogP contribution in [-0.4, -0.2) is 68.5 Å². The van der Waals surface area contributed by atoms with Crippen molar-refractivity contribution in [2.24, 2.45) is 5.41 Å². The first kappa shape index (κ1) is 14.9. The molecular weight excluding hydrogens is 310 g/mol. The molecule has 1 spiro atoms. The largest absolute Gasteiger partial charge is 0.465 e. The van der Waals surface area contributed by atoms with Crippen LogP contribution in [0.3, 0.4) is 0 Å². The molecule has 2 aliphatic heterocycles. The number of rotatable bonds is 1.